The van der Waals surface area contributed by atoms with Crippen LogP contribution in [0.5, 0.6) is 0 Å². The summed E-state index contributed by atoms with van der Waals surface area (Å²) >= 11 is 0. The van der Waals surface area contributed by atoms with Gasteiger partial charge in [-0.05, 0) is 25.2 Å². The van der Waals surface area contributed by atoms with Crippen molar-refractivity contribution >= 4 is 0 Å². The number of ether oxygens (including phenoxy) is 1. The molecule has 0 aromatic rings. The molecule has 0 N–H and O–H groups in total. The lowest BCUT2D eigenvalue weighted by Gasteiger charge is -2.28. The Morgan fingerprint density at radius 1 is 1.36 bits per heavy atom. The fourth-order valence-electron chi connectivity index (χ4n) is 2.03. The molecule has 0 aromatic carbocycles. The topological polar surface area (TPSA) is 12.5 Å². The fourth-order valence-corrected chi connectivity index (χ4v) is 2.03. The Morgan fingerprint density at radius 3 is 2.64 bits per heavy atom. The van der Waals surface area contributed by atoms with Crippen molar-refractivity contribution in [3.63, 3.8) is 0 Å². The molecular weight excluding hydrogens is 174 g/mol. The monoisotopic (exact) mass is 199 g/mol. The van der Waals surface area contributed by atoms with Crippen LogP contribution >= 0.6 is 0 Å². The van der Waals surface area contributed by atoms with Crippen LogP contribution in [0, 0.1) is 5.41 Å². The summed E-state index contributed by atoms with van der Waals surface area (Å²) in [5.74, 6) is 0. The summed E-state index contributed by atoms with van der Waals surface area (Å²) in [6, 6.07) is 0. The molecule has 0 saturated carbocycles. The second kappa shape index (κ2) is 5.13. The Bertz CT molecular complexity index is 168. The van der Waals surface area contributed by atoms with E-state index < -0.39 is 0 Å². The third-order valence-corrected chi connectivity index (χ3v) is 3.24. The van der Waals surface area contributed by atoms with Gasteiger partial charge < -0.3 is 9.64 Å². The minimum absolute atomic E-state index is 0.459. The minimum atomic E-state index is 0.459. The molecule has 0 spiro atoms. The lowest BCUT2D eigenvalue weighted by Crippen LogP contribution is -2.33. The summed E-state index contributed by atoms with van der Waals surface area (Å²) in [6.07, 6.45) is 2.96. The molecule has 1 atom stereocenters. The van der Waals surface area contributed by atoms with E-state index in [-0.39, 0.29) is 0 Å². The first-order valence-corrected chi connectivity index (χ1v) is 5.91. The number of hydrogen-bond acceptors (Lipinski definition) is 2. The third-order valence-electron chi connectivity index (χ3n) is 3.24. The highest BCUT2D eigenvalue weighted by atomic mass is 16.5. The number of likely N-dealkylation sites (tertiary alicyclic amines) is 1. The SMILES string of the molecule is CCO[C@H]1CCN(CC(C)(C)CC)C1. The van der Waals surface area contributed by atoms with Gasteiger partial charge in [0, 0.05) is 26.2 Å². The van der Waals surface area contributed by atoms with Gasteiger partial charge in [-0.3, -0.25) is 0 Å². The molecule has 1 heterocycles. The minimum Gasteiger partial charge on any atom is -0.377 e. The summed E-state index contributed by atoms with van der Waals surface area (Å²) in [4.78, 5) is 2.55. The first kappa shape index (κ1) is 12.0. The molecule has 0 aliphatic carbocycles. The van der Waals surface area contributed by atoms with Crippen molar-refractivity contribution in [1.29, 1.82) is 0 Å². The Morgan fingerprint density at radius 2 is 2.07 bits per heavy atom. The van der Waals surface area contributed by atoms with E-state index in [0.29, 0.717) is 11.5 Å². The molecule has 2 nitrogen and oxygen atoms in total. The van der Waals surface area contributed by atoms with Crippen LogP contribution in [0.4, 0.5) is 0 Å². The van der Waals surface area contributed by atoms with Crippen molar-refractivity contribution in [2.75, 3.05) is 26.2 Å². The van der Waals surface area contributed by atoms with Gasteiger partial charge in [0.2, 0.25) is 0 Å². The first-order chi connectivity index (χ1) is 6.57. The van der Waals surface area contributed by atoms with E-state index in [9.17, 15) is 0 Å². The van der Waals surface area contributed by atoms with E-state index in [1.165, 1.54) is 25.9 Å². The zero-order chi connectivity index (χ0) is 10.6. The first-order valence-electron chi connectivity index (χ1n) is 5.91. The molecule has 0 radical (unpaired) electrons. The second-order valence-corrected chi connectivity index (χ2v) is 5.12. The standard InChI is InChI=1S/C12H25NO/c1-5-12(3,4)10-13-8-7-11(9-13)14-6-2/h11H,5-10H2,1-4H3/t11-/m0/s1. The van der Waals surface area contributed by atoms with E-state index >= 15 is 0 Å². The molecule has 0 bridgehead atoms. The van der Waals surface area contributed by atoms with E-state index in [0.717, 1.165) is 13.2 Å². The second-order valence-electron chi connectivity index (χ2n) is 5.12. The van der Waals surface area contributed by atoms with Crippen LogP contribution in [0.25, 0.3) is 0 Å². The highest BCUT2D eigenvalue weighted by molar-refractivity contribution is 4.80. The Labute approximate surface area is 88.6 Å². The van der Waals surface area contributed by atoms with Gasteiger partial charge in [0.25, 0.3) is 0 Å². The van der Waals surface area contributed by atoms with Gasteiger partial charge in [-0.1, -0.05) is 20.8 Å². The van der Waals surface area contributed by atoms with Crippen molar-refractivity contribution in [1.82, 2.24) is 4.90 Å². The summed E-state index contributed by atoms with van der Waals surface area (Å²) in [7, 11) is 0. The molecule has 0 amide bonds. The highest BCUT2D eigenvalue weighted by Crippen LogP contribution is 2.24. The maximum atomic E-state index is 5.64. The van der Waals surface area contributed by atoms with Crippen LogP contribution < -0.4 is 0 Å². The Hall–Kier alpha value is -0.0800. The molecule has 1 rings (SSSR count). The van der Waals surface area contributed by atoms with Crippen LogP contribution in [0.2, 0.25) is 0 Å². The summed E-state index contributed by atoms with van der Waals surface area (Å²) in [5, 5.41) is 0. The molecule has 1 saturated heterocycles. The van der Waals surface area contributed by atoms with Gasteiger partial charge in [0.15, 0.2) is 0 Å². The van der Waals surface area contributed by atoms with Gasteiger partial charge in [-0.2, -0.15) is 0 Å². The molecule has 14 heavy (non-hydrogen) atoms. The van der Waals surface area contributed by atoms with Gasteiger partial charge in [-0.25, -0.2) is 0 Å². The van der Waals surface area contributed by atoms with Crippen LogP contribution in [0.1, 0.15) is 40.5 Å². The molecule has 0 unspecified atom stereocenters. The molecule has 1 fully saturated rings. The van der Waals surface area contributed by atoms with Crippen LogP contribution in [-0.2, 0) is 4.74 Å². The van der Waals surface area contributed by atoms with E-state index in [1.54, 1.807) is 0 Å². The molecule has 0 aromatic heterocycles. The molecule has 1 aliphatic rings. The highest BCUT2D eigenvalue weighted by Gasteiger charge is 2.27. The van der Waals surface area contributed by atoms with Crippen LogP contribution in [0.3, 0.4) is 0 Å². The normalized spacial score (nSPS) is 24.4. The number of hydrogen-bond donors (Lipinski definition) is 0. The number of rotatable bonds is 5. The smallest absolute Gasteiger partial charge is 0.0714 e. The molecular formula is C12H25NO. The third kappa shape index (κ3) is 3.58. The molecule has 84 valence electrons. The molecule has 1 aliphatic heterocycles. The lowest BCUT2D eigenvalue weighted by molar-refractivity contribution is 0.0648. The van der Waals surface area contributed by atoms with E-state index in [2.05, 4.69) is 32.6 Å². The predicted molar refractivity (Wildman–Crippen MR) is 60.5 cm³/mol. The average Bonchev–Trinajstić information content (AvgIpc) is 2.53. The van der Waals surface area contributed by atoms with Gasteiger partial charge in [0.05, 0.1) is 6.10 Å². The summed E-state index contributed by atoms with van der Waals surface area (Å²) in [6.45, 7) is 13.5. The predicted octanol–water partition coefficient (Wildman–Crippen LogP) is 2.53. The quantitative estimate of drug-likeness (QED) is 0.674. The van der Waals surface area contributed by atoms with Crippen molar-refractivity contribution in [2.24, 2.45) is 5.41 Å². The van der Waals surface area contributed by atoms with Crippen LogP contribution in [0.15, 0.2) is 0 Å². The van der Waals surface area contributed by atoms with E-state index in [4.69, 9.17) is 4.74 Å². The van der Waals surface area contributed by atoms with E-state index in [1.807, 2.05) is 0 Å². The van der Waals surface area contributed by atoms with Crippen molar-refractivity contribution in [2.45, 2.75) is 46.6 Å². The Balaban J connectivity index is 2.28. The van der Waals surface area contributed by atoms with Crippen LogP contribution in [-0.4, -0.2) is 37.2 Å². The maximum absolute atomic E-state index is 5.64. The zero-order valence-corrected chi connectivity index (χ0v) is 10.2. The number of nitrogens with zero attached hydrogens (tertiary/aromatic N) is 1. The van der Waals surface area contributed by atoms with Crippen molar-refractivity contribution < 1.29 is 4.74 Å². The van der Waals surface area contributed by atoms with Crippen molar-refractivity contribution in [3.8, 4) is 0 Å². The summed E-state index contributed by atoms with van der Waals surface area (Å²) < 4.78 is 5.64. The maximum Gasteiger partial charge on any atom is 0.0714 e. The lowest BCUT2D eigenvalue weighted by atomic mass is 9.90. The Kier molecular flexibility index (Phi) is 4.39. The largest absolute Gasteiger partial charge is 0.377 e. The fraction of sp³-hybridized carbons (Fsp3) is 1.00. The van der Waals surface area contributed by atoms with Crippen molar-refractivity contribution in [3.05, 3.63) is 0 Å². The summed E-state index contributed by atoms with van der Waals surface area (Å²) in [5.41, 5.74) is 0.459. The average molecular weight is 199 g/mol. The zero-order valence-electron chi connectivity index (χ0n) is 10.2. The van der Waals surface area contributed by atoms with Gasteiger partial charge in [-0.15, -0.1) is 0 Å². The van der Waals surface area contributed by atoms with Gasteiger partial charge in [0.1, 0.15) is 0 Å². The molecule has 2 heteroatoms. The van der Waals surface area contributed by atoms with Gasteiger partial charge >= 0.3 is 0 Å².